The average Bonchev–Trinajstić information content (AvgIpc) is 3.10. The first-order valence-corrected chi connectivity index (χ1v) is 11.9. The number of aromatic nitrogens is 4. The predicted octanol–water partition coefficient (Wildman–Crippen LogP) is 5.54. The van der Waals surface area contributed by atoms with Gasteiger partial charge in [-0.2, -0.15) is 4.40 Å². The maximum atomic E-state index is 10.5. The molecule has 4 aromatic heterocycles. The Kier molecular flexibility index (Phi) is 8.44. The normalized spacial score (nSPS) is 14.4. The van der Waals surface area contributed by atoms with E-state index in [0.29, 0.717) is 13.1 Å². The van der Waals surface area contributed by atoms with Crippen LogP contribution < -0.4 is 4.57 Å². The second kappa shape index (κ2) is 10.4. The van der Waals surface area contributed by atoms with Gasteiger partial charge in [0, 0.05) is 18.6 Å². The number of aliphatic hydroxyl groups is 1. The number of nitrogens with zero attached hydrogens (tertiary/aromatic N) is 5. The van der Waals surface area contributed by atoms with Crippen LogP contribution >= 0.6 is 7.81 Å². The van der Waals surface area contributed by atoms with E-state index in [1.807, 2.05) is 71.6 Å². The van der Waals surface area contributed by atoms with Gasteiger partial charge in [0.2, 0.25) is 0 Å². The van der Waals surface area contributed by atoms with E-state index < -0.39 is 13.9 Å². The van der Waals surface area contributed by atoms with Gasteiger partial charge in [-0.05, 0) is 36.4 Å². The number of fused-ring (bicyclic) bond motifs is 1. The Morgan fingerprint density at radius 3 is 2.17 bits per heavy atom. The van der Waals surface area contributed by atoms with Crippen LogP contribution in [0.4, 0.5) is 25.2 Å². The van der Waals surface area contributed by atoms with Crippen LogP contribution in [0.25, 0.3) is 17.0 Å². The van der Waals surface area contributed by atoms with Gasteiger partial charge < -0.3 is 5.11 Å². The molecule has 0 unspecified atom stereocenters. The van der Waals surface area contributed by atoms with Crippen LogP contribution in [-0.2, 0) is 23.6 Å². The first-order valence-electron chi connectivity index (χ1n) is 9.82. The topological polar surface area (TPSA) is 66.7 Å². The fourth-order valence-electron chi connectivity index (χ4n) is 3.02. The minimum atomic E-state index is -10.7. The number of hydrogen-bond donors (Lipinski definition) is 1. The Morgan fingerprint density at radius 2 is 1.57 bits per heavy atom. The van der Waals surface area contributed by atoms with E-state index in [2.05, 4.69) is 19.4 Å². The Labute approximate surface area is 206 Å². The Morgan fingerprint density at radius 1 is 0.943 bits per heavy atom. The Balaban J connectivity index is 0.000000476. The van der Waals surface area contributed by atoms with Gasteiger partial charge in [0.05, 0.1) is 18.4 Å². The summed E-state index contributed by atoms with van der Waals surface area (Å²) >= 11 is 0. The Hall–Kier alpha value is -2.85. The van der Waals surface area contributed by atoms with Crippen molar-refractivity contribution in [2.75, 3.05) is 6.54 Å². The van der Waals surface area contributed by atoms with Crippen LogP contribution in [0.2, 0.25) is 0 Å². The number of rotatable bonds is 6. The predicted molar refractivity (Wildman–Crippen MR) is 117 cm³/mol. The summed E-state index contributed by atoms with van der Waals surface area (Å²) in [4.78, 5) is 13.0. The van der Waals surface area contributed by atoms with Crippen LogP contribution in [0.3, 0.4) is 0 Å². The molecule has 0 aliphatic carbocycles. The van der Waals surface area contributed by atoms with Gasteiger partial charge in [-0.1, -0.05) is 18.2 Å². The molecule has 14 heteroatoms. The summed E-state index contributed by atoms with van der Waals surface area (Å²) < 4.78 is 63.3. The molecular formula is C21H20F6FeN5OP+2. The smallest absolute Gasteiger partial charge is 0.387 e. The van der Waals surface area contributed by atoms with Gasteiger partial charge in [0.15, 0.2) is 11.2 Å². The summed E-state index contributed by atoms with van der Waals surface area (Å²) in [5.41, 5.74) is 2.68. The molecule has 0 radical (unpaired) electrons. The van der Waals surface area contributed by atoms with Gasteiger partial charge in [-0.25, -0.2) is 9.55 Å². The van der Waals surface area contributed by atoms with Gasteiger partial charge in [-0.15, -0.1) is 0 Å². The van der Waals surface area contributed by atoms with Crippen LogP contribution in [0.5, 0.6) is 0 Å². The minimum absolute atomic E-state index is 0. The fourth-order valence-corrected chi connectivity index (χ4v) is 3.02. The molecule has 0 saturated carbocycles. The van der Waals surface area contributed by atoms with Crippen molar-refractivity contribution in [3.63, 3.8) is 0 Å². The zero-order valence-electron chi connectivity index (χ0n) is 17.8. The quantitative estimate of drug-likeness (QED) is 0.111. The molecule has 35 heavy (non-hydrogen) atoms. The van der Waals surface area contributed by atoms with Crippen molar-refractivity contribution < 1.29 is 51.9 Å². The first kappa shape index (κ1) is 28.4. The molecule has 4 rings (SSSR count). The Bertz CT molecular complexity index is 1260. The van der Waals surface area contributed by atoms with Gasteiger partial charge in [-0.3, -0.25) is 9.98 Å². The van der Waals surface area contributed by atoms with Gasteiger partial charge >= 0.3 is 55.9 Å². The van der Waals surface area contributed by atoms with Crippen LogP contribution in [0.1, 0.15) is 5.69 Å². The molecule has 0 bridgehead atoms. The van der Waals surface area contributed by atoms with Gasteiger partial charge in [0.25, 0.3) is 0 Å². The third-order valence-corrected chi connectivity index (χ3v) is 4.21. The third kappa shape index (κ3) is 10.5. The van der Waals surface area contributed by atoms with E-state index in [-0.39, 0.29) is 17.1 Å². The number of hydrogen-bond acceptors (Lipinski definition) is 4. The molecule has 4 heterocycles. The molecule has 0 aliphatic rings. The second-order valence-corrected chi connectivity index (χ2v) is 9.09. The van der Waals surface area contributed by atoms with E-state index in [1.165, 1.54) is 0 Å². The van der Waals surface area contributed by atoms with Crippen LogP contribution in [0.15, 0.2) is 84.4 Å². The number of imidazole rings is 1. The molecule has 0 saturated heterocycles. The number of aliphatic imine (C=N–C) groups is 1. The van der Waals surface area contributed by atoms with Crippen molar-refractivity contribution in [2.45, 2.75) is 12.6 Å². The SMILES string of the molecule is F[P-](F)(F)(F)(F)F.O[C@H](CN=Cc1ccccn1)C[n+]1cc2ccccn2c1-c1ccccn1.[Fe+2]. The van der Waals surface area contributed by atoms with E-state index >= 15 is 0 Å². The maximum Gasteiger partial charge on any atom is 2.00 e. The molecule has 0 aromatic carbocycles. The summed E-state index contributed by atoms with van der Waals surface area (Å²) in [7, 11) is -10.7. The number of aliphatic hydroxyl groups excluding tert-OH is 1. The summed E-state index contributed by atoms with van der Waals surface area (Å²) in [5.74, 6) is 0.930. The largest absolute Gasteiger partial charge is 2.00 e. The summed E-state index contributed by atoms with van der Waals surface area (Å²) in [6.45, 7) is 0.727. The number of halogens is 6. The molecule has 4 aromatic rings. The zero-order valence-corrected chi connectivity index (χ0v) is 19.8. The van der Waals surface area contributed by atoms with E-state index in [9.17, 15) is 30.3 Å². The molecule has 6 nitrogen and oxygen atoms in total. The van der Waals surface area contributed by atoms with Crippen molar-refractivity contribution in [1.29, 1.82) is 0 Å². The molecule has 188 valence electrons. The van der Waals surface area contributed by atoms with Crippen molar-refractivity contribution in [2.24, 2.45) is 4.99 Å². The maximum absolute atomic E-state index is 10.7. The third-order valence-electron chi connectivity index (χ3n) is 4.21. The molecule has 1 atom stereocenters. The zero-order chi connectivity index (χ0) is 24.9. The first-order chi connectivity index (χ1) is 15.8. The summed E-state index contributed by atoms with van der Waals surface area (Å²) in [6.07, 6.45) is 8.59. The summed E-state index contributed by atoms with van der Waals surface area (Å²) in [5, 5.41) is 10.5. The van der Waals surface area contributed by atoms with Crippen molar-refractivity contribution in [1.82, 2.24) is 14.4 Å². The average molecular weight is 559 g/mol. The molecular weight excluding hydrogens is 539 g/mol. The van der Waals surface area contributed by atoms with Gasteiger partial charge in [0.1, 0.15) is 18.8 Å². The van der Waals surface area contributed by atoms with E-state index in [1.54, 1.807) is 18.6 Å². The van der Waals surface area contributed by atoms with Crippen LogP contribution in [0, 0.1) is 0 Å². The fraction of sp³-hybridized carbons (Fsp3) is 0.143. The molecule has 0 fully saturated rings. The molecule has 0 aliphatic heterocycles. The second-order valence-electron chi connectivity index (χ2n) is 7.18. The van der Waals surface area contributed by atoms with E-state index in [4.69, 9.17) is 0 Å². The molecule has 1 N–H and O–H groups in total. The monoisotopic (exact) mass is 559 g/mol. The minimum Gasteiger partial charge on any atom is -0.387 e. The van der Waals surface area contributed by atoms with E-state index in [0.717, 1.165) is 22.7 Å². The number of pyridine rings is 3. The molecule has 0 spiro atoms. The van der Waals surface area contributed by atoms with Crippen molar-refractivity contribution in [3.05, 3.63) is 85.1 Å². The van der Waals surface area contributed by atoms with Crippen molar-refractivity contribution >= 4 is 19.5 Å². The van der Waals surface area contributed by atoms with Crippen LogP contribution in [-0.4, -0.2) is 38.3 Å². The van der Waals surface area contributed by atoms with Crippen molar-refractivity contribution in [3.8, 4) is 11.5 Å². The summed E-state index contributed by atoms with van der Waals surface area (Å²) in [6, 6.07) is 17.5. The standard InChI is InChI=1S/C21H20N5O.F6P.Fe/c27-19(14-22-13-17-7-1-4-10-23-17)16-25-15-18-8-3-6-12-26(18)21(25)20-9-2-5-11-24-20;1-7(2,3,4,5)6;/h1-13,15,19,27H,14,16H2;;/q+1;-1;+2/t19-;;/m1../s1. The molecule has 0 amide bonds.